The minimum atomic E-state index is 0.270. The van der Waals surface area contributed by atoms with E-state index in [0.29, 0.717) is 12.0 Å². The van der Waals surface area contributed by atoms with Gasteiger partial charge in [0.05, 0.1) is 19.3 Å². The molecule has 1 aromatic rings. The fourth-order valence-electron chi connectivity index (χ4n) is 4.52. The molecule has 2 saturated heterocycles. The van der Waals surface area contributed by atoms with Gasteiger partial charge in [0.2, 0.25) is 0 Å². The van der Waals surface area contributed by atoms with Gasteiger partial charge in [-0.3, -0.25) is 0 Å². The van der Waals surface area contributed by atoms with Crippen LogP contribution in [0.4, 0.5) is 5.82 Å². The highest BCUT2D eigenvalue weighted by molar-refractivity contribution is 5.80. The molecule has 1 aliphatic carbocycles. The second-order valence-corrected chi connectivity index (χ2v) is 8.35. The molecule has 1 atom stereocenters. The fraction of sp³-hybridized carbons (Fsp3) is 0.714. The number of guanidine groups is 1. The van der Waals surface area contributed by atoms with E-state index in [0.717, 1.165) is 50.1 Å². The molecule has 0 bridgehead atoms. The molecule has 6 heteroatoms. The molecule has 27 heavy (non-hydrogen) atoms. The van der Waals surface area contributed by atoms with Gasteiger partial charge in [-0.1, -0.05) is 12.5 Å². The molecule has 0 aromatic carbocycles. The molecule has 1 spiro atoms. The van der Waals surface area contributed by atoms with Gasteiger partial charge >= 0.3 is 0 Å². The Hall–Kier alpha value is -1.82. The van der Waals surface area contributed by atoms with E-state index in [2.05, 4.69) is 46.1 Å². The van der Waals surface area contributed by atoms with E-state index >= 15 is 0 Å². The molecule has 6 nitrogen and oxygen atoms in total. The van der Waals surface area contributed by atoms with Crippen LogP contribution in [0, 0.1) is 5.41 Å². The summed E-state index contributed by atoms with van der Waals surface area (Å²) in [6.07, 6.45) is 7.77. The zero-order valence-corrected chi connectivity index (χ0v) is 16.8. The van der Waals surface area contributed by atoms with Gasteiger partial charge in [-0.25, -0.2) is 9.98 Å². The number of nitrogens with one attached hydrogen (secondary N) is 1. The summed E-state index contributed by atoms with van der Waals surface area (Å²) in [4.78, 5) is 14.3. The predicted octanol–water partition coefficient (Wildman–Crippen LogP) is 2.65. The van der Waals surface area contributed by atoms with E-state index in [9.17, 15) is 0 Å². The van der Waals surface area contributed by atoms with Crippen molar-refractivity contribution in [2.24, 2.45) is 10.4 Å². The summed E-state index contributed by atoms with van der Waals surface area (Å²) in [6.45, 7) is 10.8. The van der Waals surface area contributed by atoms with Gasteiger partial charge in [0.1, 0.15) is 5.82 Å². The lowest BCUT2D eigenvalue weighted by molar-refractivity contribution is 0.0529. The molecule has 3 aliphatic rings. The summed E-state index contributed by atoms with van der Waals surface area (Å²) < 4.78 is 5.62. The lowest BCUT2D eigenvalue weighted by atomic mass is 9.68. The van der Waals surface area contributed by atoms with Gasteiger partial charge in [0, 0.05) is 38.9 Å². The lowest BCUT2D eigenvalue weighted by Gasteiger charge is -2.38. The van der Waals surface area contributed by atoms with Gasteiger partial charge in [0.25, 0.3) is 0 Å². The molecule has 1 N–H and O–H groups in total. The van der Waals surface area contributed by atoms with Crippen LogP contribution in [0.1, 0.15) is 45.1 Å². The highest BCUT2D eigenvalue weighted by atomic mass is 16.5. The number of likely N-dealkylation sites (tertiary alicyclic amines) is 1. The summed E-state index contributed by atoms with van der Waals surface area (Å²) in [5.41, 5.74) is 1.75. The lowest BCUT2D eigenvalue weighted by Crippen LogP contribution is -2.42. The molecule has 1 saturated carbocycles. The molecule has 1 aromatic heterocycles. The van der Waals surface area contributed by atoms with Crippen molar-refractivity contribution in [2.75, 3.05) is 44.2 Å². The standard InChI is InChI=1S/C21H33N5O/c1-3-22-20(26-10-9-21(16-26)7-4-8-21)24-14-18-5-6-19(23-13-18)25-11-12-27-17(2)15-25/h5-6,13,17H,3-4,7-12,14-16H2,1-2H3,(H,22,24). The van der Waals surface area contributed by atoms with Crippen molar-refractivity contribution in [1.82, 2.24) is 15.2 Å². The third-order valence-electron chi connectivity index (χ3n) is 6.27. The topological polar surface area (TPSA) is 53.0 Å². The summed E-state index contributed by atoms with van der Waals surface area (Å²) in [5.74, 6) is 2.10. The van der Waals surface area contributed by atoms with E-state index < -0.39 is 0 Å². The predicted molar refractivity (Wildman–Crippen MR) is 109 cm³/mol. The van der Waals surface area contributed by atoms with Gasteiger partial charge in [-0.15, -0.1) is 0 Å². The summed E-state index contributed by atoms with van der Waals surface area (Å²) in [5, 5.41) is 3.48. The Balaban J connectivity index is 1.38. The zero-order chi connectivity index (χ0) is 18.7. The molecule has 4 rings (SSSR count). The Kier molecular flexibility index (Phi) is 5.53. The largest absolute Gasteiger partial charge is 0.375 e. The first-order valence-corrected chi connectivity index (χ1v) is 10.5. The van der Waals surface area contributed by atoms with Crippen molar-refractivity contribution in [2.45, 2.75) is 52.2 Å². The van der Waals surface area contributed by atoms with Crippen molar-refractivity contribution in [1.29, 1.82) is 0 Å². The third-order valence-corrected chi connectivity index (χ3v) is 6.27. The first-order valence-electron chi connectivity index (χ1n) is 10.5. The highest BCUT2D eigenvalue weighted by Crippen LogP contribution is 2.47. The zero-order valence-electron chi connectivity index (χ0n) is 16.8. The van der Waals surface area contributed by atoms with Crippen molar-refractivity contribution < 1.29 is 4.74 Å². The van der Waals surface area contributed by atoms with Crippen LogP contribution in [-0.4, -0.2) is 61.3 Å². The van der Waals surface area contributed by atoms with Crippen molar-refractivity contribution >= 4 is 11.8 Å². The Bertz CT molecular complexity index is 655. The van der Waals surface area contributed by atoms with E-state index in [-0.39, 0.29) is 6.10 Å². The van der Waals surface area contributed by atoms with Gasteiger partial charge in [0.15, 0.2) is 5.96 Å². The highest BCUT2D eigenvalue weighted by Gasteiger charge is 2.43. The number of pyridine rings is 1. The summed E-state index contributed by atoms with van der Waals surface area (Å²) in [7, 11) is 0. The summed E-state index contributed by atoms with van der Waals surface area (Å²) in [6, 6.07) is 4.28. The van der Waals surface area contributed by atoms with Crippen LogP contribution in [0.3, 0.4) is 0 Å². The minimum Gasteiger partial charge on any atom is -0.375 e. The van der Waals surface area contributed by atoms with Gasteiger partial charge < -0.3 is 19.9 Å². The van der Waals surface area contributed by atoms with E-state index in [4.69, 9.17) is 9.73 Å². The quantitative estimate of drug-likeness (QED) is 0.651. The van der Waals surface area contributed by atoms with E-state index in [1.165, 1.54) is 32.2 Å². The van der Waals surface area contributed by atoms with Crippen LogP contribution in [0.2, 0.25) is 0 Å². The number of morpholine rings is 1. The average molecular weight is 372 g/mol. The first kappa shape index (κ1) is 18.5. The number of hydrogen-bond acceptors (Lipinski definition) is 4. The smallest absolute Gasteiger partial charge is 0.194 e. The second-order valence-electron chi connectivity index (χ2n) is 8.35. The Morgan fingerprint density at radius 1 is 1.33 bits per heavy atom. The number of anilines is 1. The molecule has 3 heterocycles. The maximum Gasteiger partial charge on any atom is 0.194 e. The van der Waals surface area contributed by atoms with Crippen LogP contribution in [0.15, 0.2) is 23.3 Å². The molecule has 2 aliphatic heterocycles. The van der Waals surface area contributed by atoms with Crippen molar-refractivity contribution in [3.05, 3.63) is 23.9 Å². The molecular formula is C21H33N5O. The number of nitrogens with zero attached hydrogens (tertiary/aromatic N) is 4. The van der Waals surface area contributed by atoms with Crippen molar-refractivity contribution in [3.63, 3.8) is 0 Å². The van der Waals surface area contributed by atoms with Crippen LogP contribution >= 0.6 is 0 Å². The number of ether oxygens (including phenoxy) is 1. The number of rotatable bonds is 4. The molecule has 1 unspecified atom stereocenters. The maximum atomic E-state index is 5.62. The van der Waals surface area contributed by atoms with Crippen molar-refractivity contribution in [3.8, 4) is 0 Å². The number of hydrogen-bond donors (Lipinski definition) is 1. The monoisotopic (exact) mass is 371 g/mol. The molecule has 148 valence electrons. The molecule has 0 amide bonds. The van der Waals surface area contributed by atoms with Crippen LogP contribution in [0.25, 0.3) is 0 Å². The normalized spacial score (nSPS) is 25.0. The molecule has 0 radical (unpaired) electrons. The molecule has 3 fully saturated rings. The fourth-order valence-corrected chi connectivity index (χ4v) is 4.52. The first-order chi connectivity index (χ1) is 13.2. The van der Waals surface area contributed by atoms with E-state index in [1.54, 1.807) is 0 Å². The minimum absolute atomic E-state index is 0.270. The van der Waals surface area contributed by atoms with Gasteiger partial charge in [-0.2, -0.15) is 0 Å². The van der Waals surface area contributed by atoms with Crippen LogP contribution in [-0.2, 0) is 11.3 Å². The summed E-state index contributed by atoms with van der Waals surface area (Å²) >= 11 is 0. The van der Waals surface area contributed by atoms with Crippen LogP contribution < -0.4 is 10.2 Å². The SMILES string of the molecule is CCNC(=NCc1ccc(N2CCOC(C)C2)nc1)N1CCC2(CCC2)C1. The maximum absolute atomic E-state index is 5.62. The van der Waals surface area contributed by atoms with E-state index in [1.807, 2.05) is 6.20 Å². The Morgan fingerprint density at radius 2 is 2.22 bits per heavy atom. The van der Waals surface area contributed by atoms with Crippen LogP contribution in [0.5, 0.6) is 0 Å². The third kappa shape index (κ3) is 4.21. The number of aromatic nitrogens is 1. The average Bonchev–Trinajstić information content (AvgIpc) is 3.12. The second kappa shape index (κ2) is 8.05. The van der Waals surface area contributed by atoms with Gasteiger partial charge in [-0.05, 0) is 50.2 Å². The molecular weight excluding hydrogens is 338 g/mol. The Morgan fingerprint density at radius 3 is 2.85 bits per heavy atom. The number of aliphatic imine (C=N–C) groups is 1. The Labute approximate surface area is 163 Å².